The van der Waals surface area contributed by atoms with Crippen LogP contribution in [0.5, 0.6) is 0 Å². The first-order valence-corrected chi connectivity index (χ1v) is 8.91. The largest absolute Gasteiger partial charge is 0.292 e. The predicted octanol–water partition coefficient (Wildman–Crippen LogP) is 1.72. The normalized spacial score (nSPS) is 36.3. The zero-order valence-corrected chi connectivity index (χ0v) is 11.8. The van der Waals surface area contributed by atoms with Gasteiger partial charge in [0.15, 0.2) is 9.84 Å². The number of likely N-dealkylation sites (tertiary alicyclic amines) is 1. The molecule has 3 aliphatic rings. The highest BCUT2D eigenvalue weighted by atomic mass is 32.2. The average Bonchev–Trinajstić information content (AvgIpc) is 2.91. The van der Waals surface area contributed by atoms with E-state index in [2.05, 4.69) is 29.2 Å². The summed E-state index contributed by atoms with van der Waals surface area (Å²) in [5.74, 6) is 0.335. The standard InChI is InChI=1S/C15H19NO2S/c17-19(18)11-15(16-9-3-4-10-16)13-6-2-1-5-12(13)7-8-14(15)19/h1-2,5-6,14H,3-4,7-11H2/t14-,15-/m1/s1. The zero-order chi connectivity index (χ0) is 13.1. The van der Waals surface area contributed by atoms with Crippen LogP contribution in [0.2, 0.25) is 0 Å². The average molecular weight is 277 g/mol. The lowest BCUT2D eigenvalue weighted by Gasteiger charge is -2.57. The maximum Gasteiger partial charge on any atom is 0.157 e. The molecule has 0 unspecified atom stereocenters. The minimum atomic E-state index is -2.86. The molecule has 0 amide bonds. The van der Waals surface area contributed by atoms with Crippen molar-refractivity contribution in [2.24, 2.45) is 0 Å². The van der Waals surface area contributed by atoms with Crippen LogP contribution in [0, 0.1) is 0 Å². The van der Waals surface area contributed by atoms with Crippen LogP contribution in [0.15, 0.2) is 24.3 Å². The van der Waals surface area contributed by atoms with E-state index in [1.807, 2.05) is 0 Å². The van der Waals surface area contributed by atoms with Crippen LogP contribution in [0.4, 0.5) is 0 Å². The topological polar surface area (TPSA) is 37.4 Å². The molecule has 1 aromatic rings. The summed E-state index contributed by atoms with van der Waals surface area (Å²) in [5, 5.41) is -0.159. The minimum absolute atomic E-state index is 0.159. The Morgan fingerprint density at radius 3 is 2.63 bits per heavy atom. The molecule has 2 aliphatic heterocycles. The van der Waals surface area contributed by atoms with E-state index in [-0.39, 0.29) is 10.8 Å². The van der Waals surface area contributed by atoms with E-state index in [1.54, 1.807) is 0 Å². The molecule has 0 bridgehead atoms. The van der Waals surface area contributed by atoms with Gasteiger partial charge in [-0.3, -0.25) is 4.90 Å². The van der Waals surface area contributed by atoms with Crippen molar-refractivity contribution in [1.82, 2.24) is 4.90 Å². The van der Waals surface area contributed by atoms with Gasteiger partial charge in [-0.15, -0.1) is 0 Å². The van der Waals surface area contributed by atoms with Crippen LogP contribution in [0.25, 0.3) is 0 Å². The Morgan fingerprint density at radius 1 is 1.16 bits per heavy atom. The number of benzene rings is 1. The number of rotatable bonds is 1. The molecular weight excluding hydrogens is 258 g/mol. The van der Waals surface area contributed by atoms with Crippen LogP contribution < -0.4 is 0 Å². The van der Waals surface area contributed by atoms with Crippen molar-refractivity contribution in [3.63, 3.8) is 0 Å². The lowest BCUT2D eigenvalue weighted by Crippen LogP contribution is -2.70. The predicted molar refractivity (Wildman–Crippen MR) is 74.8 cm³/mol. The van der Waals surface area contributed by atoms with Gasteiger partial charge < -0.3 is 0 Å². The van der Waals surface area contributed by atoms with Crippen LogP contribution in [-0.4, -0.2) is 37.4 Å². The number of fused-ring (bicyclic) bond motifs is 3. The Bertz CT molecular complexity index is 619. The lowest BCUT2D eigenvalue weighted by molar-refractivity contribution is 0.0990. The van der Waals surface area contributed by atoms with Crippen LogP contribution in [0.1, 0.15) is 30.4 Å². The highest BCUT2D eigenvalue weighted by Crippen LogP contribution is 2.52. The number of sulfone groups is 1. The molecule has 2 fully saturated rings. The first-order valence-electron chi connectivity index (χ1n) is 7.20. The minimum Gasteiger partial charge on any atom is -0.292 e. The van der Waals surface area contributed by atoms with E-state index < -0.39 is 9.84 Å². The molecule has 1 aliphatic carbocycles. The SMILES string of the molecule is O=S1(=O)C[C@@]2(N3CCCC3)c3ccccc3CC[C@H]21. The van der Waals surface area contributed by atoms with Gasteiger partial charge in [0, 0.05) is 0 Å². The Labute approximate surface area is 114 Å². The van der Waals surface area contributed by atoms with Crippen molar-refractivity contribution in [3.8, 4) is 0 Å². The molecule has 0 saturated carbocycles. The number of hydrogen-bond acceptors (Lipinski definition) is 3. The van der Waals surface area contributed by atoms with Gasteiger partial charge in [0.2, 0.25) is 0 Å². The number of aryl methyl sites for hydroxylation is 1. The van der Waals surface area contributed by atoms with Crippen molar-refractivity contribution in [1.29, 1.82) is 0 Å². The second kappa shape index (κ2) is 3.83. The Hall–Kier alpha value is -0.870. The summed E-state index contributed by atoms with van der Waals surface area (Å²) >= 11 is 0. The third-order valence-electron chi connectivity index (χ3n) is 5.22. The third-order valence-corrected chi connectivity index (χ3v) is 7.55. The van der Waals surface area contributed by atoms with Gasteiger partial charge in [-0.1, -0.05) is 24.3 Å². The fourth-order valence-corrected chi connectivity index (χ4v) is 6.88. The van der Waals surface area contributed by atoms with Gasteiger partial charge in [0.25, 0.3) is 0 Å². The second-order valence-corrected chi connectivity index (χ2v) is 8.29. The fourth-order valence-electron chi connectivity index (χ4n) is 4.40. The van der Waals surface area contributed by atoms with Gasteiger partial charge in [-0.25, -0.2) is 8.42 Å². The molecule has 1 aromatic carbocycles. The number of hydrogen-bond donors (Lipinski definition) is 0. The van der Waals surface area contributed by atoms with Crippen molar-refractivity contribution in [2.45, 2.75) is 36.5 Å². The molecule has 4 rings (SSSR count). The Morgan fingerprint density at radius 2 is 1.89 bits per heavy atom. The maximum absolute atomic E-state index is 12.2. The summed E-state index contributed by atoms with van der Waals surface area (Å²) in [5.41, 5.74) is 2.47. The van der Waals surface area contributed by atoms with E-state index in [0.717, 1.165) is 25.9 Å². The molecule has 4 heteroatoms. The highest BCUT2D eigenvalue weighted by Gasteiger charge is 2.63. The van der Waals surface area contributed by atoms with E-state index in [0.29, 0.717) is 5.75 Å². The van der Waals surface area contributed by atoms with Crippen molar-refractivity contribution in [3.05, 3.63) is 35.4 Å². The molecule has 0 radical (unpaired) electrons. The van der Waals surface area contributed by atoms with Crippen LogP contribution in [0.3, 0.4) is 0 Å². The molecule has 102 valence electrons. The summed E-state index contributed by atoms with van der Waals surface area (Å²) in [4.78, 5) is 2.46. The van der Waals surface area contributed by atoms with E-state index in [4.69, 9.17) is 0 Å². The lowest BCUT2D eigenvalue weighted by atomic mass is 9.75. The summed E-state index contributed by atoms with van der Waals surface area (Å²) in [7, 11) is -2.86. The van der Waals surface area contributed by atoms with E-state index in [9.17, 15) is 8.42 Å². The molecule has 2 saturated heterocycles. The summed E-state index contributed by atoms with van der Waals surface area (Å²) in [6.45, 7) is 2.11. The molecule has 2 atom stereocenters. The first kappa shape index (κ1) is 11.9. The quantitative estimate of drug-likeness (QED) is 0.784. The summed E-state index contributed by atoms with van der Waals surface area (Å²) < 4.78 is 24.4. The highest BCUT2D eigenvalue weighted by molar-refractivity contribution is 7.93. The Kier molecular flexibility index (Phi) is 2.40. The van der Waals surface area contributed by atoms with Gasteiger partial charge in [-0.2, -0.15) is 0 Å². The van der Waals surface area contributed by atoms with Gasteiger partial charge in [-0.05, 0) is 49.9 Å². The first-order chi connectivity index (χ1) is 9.14. The smallest absolute Gasteiger partial charge is 0.157 e. The van der Waals surface area contributed by atoms with Crippen LogP contribution in [-0.2, 0) is 21.8 Å². The Balaban J connectivity index is 1.89. The van der Waals surface area contributed by atoms with Crippen molar-refractivity contribution < 1.29 is 8.42 Å². The van der Waals surface area contributed by atoms with Crippen molar-refractivity contribution in [2.75, 3.05) is 18.8 Å². The van der Waals surface area contributed by atoms with Gasteiger partial charge >= 0.3 is 0 Å². The molecule has 3 nitrogen and oxygen atoms in total. The van der Waals surface area contributed by atoms with Crippen LogP contribution >= 0.6 is 0 Å². The fraction of sp³-hybridized carbons (Fsp3) is 0.600. The summed E-state index contributed by atoms with van der Waals surface area (Å²) in [6.07, 6.45) is 4.12. The van der Waals surface area contributed by atoms with Crippen molar-refractivity contribution >= 4 is 9.84 Å². The van der Waals surface area contributed by atoms with Gasteiger partial charge in [0.05, 0.1) is 16.5 Å². The zero-order valence-electron chi connectivity index (χ0n) is 11.0. The molecule has 19 heavy (non-hydrogen) atoms. The summed E-state index contributed by atoms with van der Waals surface area (Å²) in [6, 6.07) is 8.47. The molecule has 0 N–H and O–H groups in total. The second-order valence-electron chi connectivity index (χ2n) is 6.11. The monoisotopic (exact) mass is 277 g/mol. The third kappa shape index (κ3) is 1.44. The molecule has 0 aromatic heterocycles. The van der Waals surface area contributed by atoms with E-state index in [1.165, 1.54) is 24.0 Å². The number of nitrogens with zero attached hydrogens (tertiary/aromatic N) is 1. The van der Waals surface area contributed by atoms with Gasteiger partial charge in [0.1, 0.15) is 0 Å². The molecule has 2 heterocycles. The molecule has 0 spiro atoms. The maximum atomic E-state index is 12.2. The van der Waals surface area contributed by atoms with E-state index >= 15 is 0 Å². The molecular formula is C15H19NO2S.